The molecule has 0 radical (unpaired) electrons. The first-order chi connectivity index (χ1) is 7.09. The van der Waals surface area contributed by atoms with Crippen molar-refractivity contribution in [3.8, 4) is 0 Å². The summed E-state index contributed by atoms with van der Waals surface area (Å²) in [5.74, 6) is -0.794. The van der Waals surface area contributed by atoms with Crippen LogP contribution in [0.3, 0.4) is 0 Å². The molecule has 0 saturated heterocycles. The topological polar surface area (TPSA) is 67.2 Å². The van der Waals surface area contributed by atoms with Gasteiger partial charge >= 0.3 is 5.97 Å². The van der Waals surface area contributed by atoms with Gasteiger partial charge in [0.15, 0.2) is 0 Å². The van der Waals surface area contributed by atoms with Crippen molar-refractivity contribution in [2.75, 3.05) is 0 Å². The number of carboxylic acids is 1. The number of carboxylic acid groups (broad SMARTS) is 1. The molecule has 5 nitrogen and oxygen atoms in total. The molecule has 1 unspecified atom stereocenters. The Balaban J connectivity index is 2.30. The first-order valence-corrected chi connectivity index (χ1v) is 5.10. The van der Waals surface area contributed by atoms with E-state index in [1.165, 1.54) is 0 Å². The number of imidazole rings is 1. The van der Waals surface area contributed by atoms with Gasteiger partial charge < -0.3 is 9.67 Å². The third kappa shape index (κ3) is 1.74. The molecule has 2 N–H and O–H groups in total. The van der Waals surface area contributed by atoms with E-state index in [9.17, 15) is 4.79 Å². The molecule has 0 saturated carbocycles. The van der Waals surface area contributed by atoms with Gasteiger partial charge in [0.2, 0.25) is 0 Å². The van der Waals surface area contributed by atoms with Crippen molar-refractivity contribution in [1.82, 2.24) is 14.9 Å². The summed E-state index contributed by atoms with van der Waals surface area (Å²) in [4.78, 5) is 15.2. The minimum atomic E-state index is -0.794. The number of carbonyl (C=O) groups is 1. The fourth-order valence-corrected chi connectivity index (χ4v) is 1.90. The predicted octanol–water partition coefficient (Wildman–Crippen LogP) is 0.563. The van der Waals surface area contributed by atoms with Crippen LogP contribution in [0.2, 0.25) is 0 Å². The zero-order chi connectivity index (χ0) is 11.0. The van der Waals surface area contributed by atoms with Crippen LogP contribution >= 0.6 is 0 Å². The molecule has 0 fully saturated rings. The van der Waals surface area contributed by atoms with Crippen LogP contribution in [0.15, 0.2) is 6.33 Å². The molecular weight excluding hydrogens is 194 g/mol. The van der Waals surface area contributed by atoms with E-state index in [0.29, 0.717) is 19.0 Å². The van der Waals surface area contributed by atoms with Crippen LogP contribution in [0.1, 0.15) is 31.3 Å². The van der Waals surface area contributed by atoms with Crippen molar-refractivity contribution in [1.29, 1.82) is 0 Å². The van der Waals surface area contributed by atoms with Gasteiger partial charge in [-0.2, -0.15) is 0 Å². The molecule has 2 rings (SSSR count). The Hall–Kier alpha value is -1.36. The molecule has 2 heterocycles. The molecular formula is C10H15N3O2. The smallest absolute Gasteiger partial charge is 0.321 e. The molecule has 1 aliphatic rings. The minimum Gasteiger partial charge on any atom is -0.480 e. The van der Waals surface area contributed by atoms with E-state index in [1.54, 1.807) is 6.33 Å². The molecule has 0 spiro atoms. The second-order valence-corrected chi connectivity index (χ2v) is 4.11. The zero-order valence-corrected chi connectivity index (χ0v) is 8.90. The van der Waals surface area contributed by atoms with Gasteiger partial charge in [-0.25, -0.2) is 4.98 Å². The molecule has 1 aromatic heterocycles. The van der Waals surface area contributed by atoms with E-state index < -0.39 is 12.0 Å². The Morgan fingerprint density at radius 1 is 1.73 bits per heavy atom. The largest absolute Gasteiger partial charge is 0.480 e. The van der Waals surface area contributed by atoms with Crippen molar-refractivity contribution >= 4 is 5.97 Å². The van der Waals surface area contributed by atoms with Crippen molar-refractivity contribution in [2.45, 2.75) is 38.9 Å². The molecule has 0 aromatic carbocycles. The number of rotatable bonds is 2. The highest BCUT2D eigenvalue weighted by Gasteiger charge is 2.27. The van der Waals surface area contributed by atoms with E-state index >= 15 is 0 Å². The number of aromatic nitrogens is 2. The lowest BCUT2D eigenvalue weighted by molar-refractivity contribution is -0.139. The van der Waals surface area contributed by atoms with Crippen LogP contribution in [-0.4, -0.2) is 26.7 Å². The van der Waals surface area contributed by atoms with Gasteiger partial charge in [0, 0.05) is 24.7 Å². The highest BCUT2D eigenvalue weighted by molar-refractivity contribution is 5.74. The Morgan fingerprint density at radius 3 is 3.07 bits per heavy atom. The van der Waals surface area contributed by atoms with Crippen LogP contribution < -0.4 is 5.32 Å². The third-order valence-electron chi connectivity index (χ3n) is 2.75. The van der Waals surface area contributed by atoms with Crippen LogP contribution in [-0.2, 0) is 17.8 Å². The monoisotopic (exact) mass is 209 g/mol. The molecule has 0 aliphatic carbocycles. The zero-order valence-electron chi connectivity index (χ0n) is 8.90. The second kappa shape index (κ2) is 3.66. The number of nitrogens with zero attached hydrogens (tertiary/aromatic N) is 2. The number of hydrogen-bond acceptors (Lipinski definition) is 3. The summed E-state index contributed by atoms with van der Waals surface area (Å²) >= 11 is 0. The third-order valence-corrected chi connectivity index (χ3v) is 2.75. The quantitative estimate of drug-likeness (QED) is 0.747. The van der Waals surface area contributed by atoms with Crippen molar-refractivity contribution in [2.24, 2.45) is 0 Å². The van der Waals surface area contributed by atoms with Crippen LogP contribution in [0.4, 0.5) is 0 Å². The van der Waals surface area contributed by atoms with Crippen molar-refractivity contribution < 1.29 is 9.90 Å². The molecule has 0 bridgehead atoms. The maximum absolute atomic E-state index is 10.9. The van der Waals surface area contributed by atoms with E-state index in [1.807, 2.05) is 4.57 Å². The summed E-state index contributed by atoms with van der Waals surface area (Å²) in [6.07, 6.45) is 2.31. The summed E-state index contributed by atoms with van der Waals surface area (Å²) < 4.78 is 2.05. The maximum Gasteiger partial charge on any atom is 0.321 e. The van der Waals surface area contributed by atoms with Crippen LogP contribution in [0.25, 0.3) is 0 Å². The fourth-order valence-electron chi connectivity index (χ4n) is 1.90. The number of nitrogens with one attached hydrogen (secondary N) is 1. The van der Waals surface area contributed by atoms with E-state index in [0.717, 1.165) is 11.4 Å². The van der Waals surface area contributed by atoms with E-state index in [2.05, 4.69) is 24.1 Å². The summed E-state index contributed by atoms with van der Waals surface area (Å²) in [5.41, 5.74) is 2.03. The summed E-state index contributed by atoms with van der Waals surface area (Å²) in [7, 11) is 0. The highest BCUT2D eigenvalue weighted by atomic mass is 16.4. The van der Waals surface area contributed by atoms with E-state index in [-0.39, 0.29) is 0 Å². The first kappa shape index (κ1) is 10.2. The van der Waals surface area contributed by atoms with Crippen LogP contribution in [0, 0.1) is 0 Å². The predicted molar refractivity (Wildman–Crippen MR) is 54.6 cm³/mol. The fraction of sp³-hybridized carbons (Fsp3) is 0.600. The second-order valence-electron chi connectivity index (χ2n) is 4.11. The van der Waals surface area contributed by atoms with Gasteiger partial charge in [-0.15, -0.1) is 0 Å². The molecule has 5 heteroatoms. The first-order valence-electron chi connectivity index (χ1n) is 5.10. The standard InChI is InChI=1S/C10H15N3O2/c1-6(2)13-5-12-8-4-11-7(10(14)15)3-9(8)13/h5-7,11H,3-4H2,1-2H3,(H,14,15). The lowest BCUT2D eigenvalue weighted by Crippen LogP contribution is -2.42. The van der Waals surface area contributed by atoms with E-state index in [4.69, 9.17) is 5.11 Å². The summed E-state index contributed by atoms with van der Waals surface area (Å²) in [5, 5.41) is 11.9. The van der Waals surface area contributed by atoms with Gasteiger partial charge in [-0.05, 0) is 13.8 Å². The molecule has 1 atom stereocenters. The van der Waals surface area contributed by atoms with Gasteiger partial charge in [0.05, 0.1) is 12.0 Å². The summed E-state index contributed by atoms with van der Waals surface area (Å²) in [6, 6.07) is -0.152. The van der Waals surface area contributed by atoms with Gasteiger partial charge in [0.1, 0.15) is 6.04 Å². The van der Waals surface area contributed by atoms with Crippen molar-refractivity contribution in [3.05, 3.63) is 17.7 Å². The highest BCUT2D eigenvalue weighted by Crippen LogP contribution is 2.19. The Kier molecular flexibility index (Phi) is 2.48. The molecule has 1 aromatic rings. The lowest BCUT2D eigenvalue weighted by Gasteiger charge is -2.22. The molecule has 82 valence electrons. The molecule has 0 amide bonds. The minimum absolute atomic E-state index is 0.328. The average molecular weight is 209 g/mol. The average Bonchev–Trinajstić information content (AvgIpc) is 2.59. The summed E-state index contributed by atoms with van der Waals surface area (Å²) in [6.45, 7) is 4.69. The molecule has 15 heavy (non-hydrogen) atoms. The lowest BCUT2D eigenvalue weighted by atomic mass is 10.1. The van der Waals surface area contributed by atoms with Gasteiger partial charge in [-0.1, -0.05) is 0 Å². The normalized spacial score (nSPS) is 20.3. The van der Waals surface area contributed by atoms with Gasteiger partial charge in [-0.3, -0.25) is 10.1 Å². The van der Waals surface area contributed by atoms with Crippen molar-refractivity contribution in [3.63, 3.8) is 0 Å². The Labute approximate surface area is 88.1 Å². The number of fused-ring (bicyclic) bond motifs is 1. The molecule has 1 aliphatic heterocycles. The Bertz CT molecular complexity index is 384. The van der Waals surface area contributed by atoms with Gasteiger partial charge in [0.25, 0.3) is 0 Å². The SMILES string of the molecule is CC(C)n1cnc2c1CC(C(=O)O)NC2. The number of hydrogen-bond donors (Lipinski definition) is 2. The maximum atomic E-state index is 10.9. The van der Waals surface area contributed by atoms with Crippen LogP contribution in [0.5, 0.6) is 0 Å². The number of aliphatic carboxylic acids is 1. The Morgan fingerprint density at radius 2 is 2.47 bits per heavy atom.